The van der Waals surface area contributed by atoms with Gasteiger partial charge in [0.25, 0.3) is 0 Å². The maximum Gasteiger partial charge on any atom is 0.224 e. The Balaban J connectivity index is 1.73. The van der Waals surface area contributed by atoms with E-state index >= 15 is 0 Å². The van der Waals surface area contributed by atoms with Crippen molar-refractivity contribution in [2.75, 3.05) is 18.0 Å². The van der Waals surface area contributed by atoms with Crippen molar-refractivity contribution >= 4 is 17.4 Å². The molecule has 0 unspecified atom stereocenters. The van der Waals surface area contributed by atoms with Crippen LogP contribution in [0, 0.1) is 11.8 Å². The van der Waals surface area contributed by atoms with E-state index in [0.29, 0.717) is 5.28 Å². The molecular weight excluding hydrogens is 222 g/mol. The van der Waals surface area contributed by atoms with Crippen molar-refractivity contribution in [2.24, 2.45) is 11.8 Å². The molecule has 86 valence electrons. The second-order valence-corrected chi connectivity index (χ2v) is 5.31. The maximum atomic E-state index is 5.84. The highest BCUT2D eigenvalue weighted by atomic mass is 35.5. The number of hydrogen-bond acceptors (Lipinski definition) is 3. The largest absolute Gasteiger partial charge is 0.356 e. The Kier molecular flexibility index (Phi) is 2.72. The van der Waals surface area contributed by atoms with Crippen molar-refractivity contribution in [1.29, 1.82) is 0 Å². The molecule has 0 bridgehead atoms. The fourth-order valence-electron chi connectivity index (χ4n) is 1.99. The standard InChI is InChI=1S/C12H16ClN3/c13-12-14-6-5-11(15-12)16(7-9-1-2-9)8-10-3-4-10/h5-6,9-10H,1-4,7-8H2. The van der Waals surface area contributed by atoms with Crippen molar-refractivity contribution in [2.45, 2.75) is 25.7 Å². The third-order valence-electron chi connectivity index (χ3n) is 3.29. The SMILES string of the molecule is Clc1nccc(N(CC2CC2)CC2CC2)n1. The lowest BCUT2D eigenvalue weighted by atomic mass is 10.3. The summed E-state index contributed by atoms with van der Waals surface area (Å²) in [5, 5.41) is 0.356. The lowest BCUT2D eigenvalue weighted by Crippen LogP contribution is -2.28. The highest BCUT2D eigenvalue weighted by Gasteiger charge is 2.29. The van der Waals surface area contributed by atoms with Gasteiger partial charge in [-0.3, -0.25) is 0 Å². The van der Waals surface area contributed by atoms with E-state index in [2.05, 4.69) is 14.9 Å². The van der Waals surface area contributed by atoms with Gasteiger partial charge in [0.1, 0.15) is 5.82 Å². The summed E-state index contributed by atoms with van der Waals surface area (Å²) >= 11 is 5.84. The lowest BCUT2D eigenvalue weighted by molar-refractivity contribution is 0.670. The monoisotopic (exact) mass is 237 g/mol. The molecule has 0 aromatic carbocycles. The van der Waals surface area contributed by atoms with Crippen LogP contribution < -0.4 is 4.90 Å². The van der Waals surface area contributed by atoms with Crippen LogP contribution in [0.3, 0.4) is 0 Å². The Morgan fingerprint density at radius 1 is 1.19 bits per heavy atom. The number of nitrogens with zero attached hydrogens (tertiary/aromatic N) is 3. The quantitative estimate of drug-likeness (QED) is 0.738. The molecule has 0 radical (unpaired) electrons. The Morgan fingerprint density at radius 2 is 1.81 bits per heavy atom. The first-order valence-corrected chi connectivity index (χ1v) is 6.42. The van der Waals surface area contributed by atoms with Crippen LogP contribution in [-0.4, -0.2) is 23.1 Å². The minimum Gasteiger partial charge on any atom is -0.356 e. The first-order valence-electron chi connectivity index (χ1n) is 6.05. The number of rotatable bonds is 5. The molecule has 1 aromatic rings. The molecule has 2 aliphatic carbocycles. The Bertz CT molecular complexity index is 360. The first-order chi connectivity index (χ1) is 7.81. The van der Waals surface area contributed by atoms with E-state index in [0.717, 1.165) is 30.7 Å². The van der Waals surface area contributed by atoms with Crippen molar-refractivity contribution in [3.8, 4) is 0 Å². The molecule has 3 rings (SSSR count). The van der Waals surface area contributed by atoms with Gasteiger partial charge in [0.05, 0.1) is 0 Å². The average molecular weight is 238 g/mol. The van der Waals surface area contributed by atoms with Gasteiger partial charge in [0.2, 0.25) is 5.28 Å². The van der Waals surface area contributed by atoms with Crippen LogP contribution >= 0.6 is 11.6 Å². The van der Waals surface area contributed by atoms with Gasteiger partial charge in [-0.25, -0.2) is 9.97 Å². The molecule has 3 nitrogen and oxygen atoms in total. The van der Waals surface area contributed by atoms with Gasteiger partial charge in [0, 0.05) is 19.3 Å². The van der Waals surface area contributed by atoms with Crippen molar-refractivity contribution in [1.82, 2.24) is 9.97 Å². The zero-order valence-electron chi connectivity index (χ0n) is 9.27. The van der Waals surface area contributed by atoms with E-state index in [4.69, 9.17) is 11.6 Å². The van der Waals surface area contributed by atoms with Crippen LogP contribution in [-0.2, 0) is 0 Å². The Labute approximate surface area is 101 Å². The number of anilines is 1. The molecule has 0 spiro atoms. The Hall–Kier alpha value is -0.830. The zero-order chi connectivity index (χ0) is 11.0. The van der Waals surface area contributed by atoms with Gasteiger partial charge < -0.3 is 4.90 Å². The van der Waals surface area contributed by atoms with Crippen molar-refractivity contribution in [3.05, 3.63) is 17.5 Å². The first kappa shape index (κ1) is 10.3. The third kappa shape index (κ3) is 2.64. The molecule has 0 saturated heterocycles. The number of aromatic nitrogens is 2. The predicted octanol–water partition coefficient (Wildman–Crippen LogP) is 2.76. The molecule has 0 amide bonds. The van der Waals surface area contributed by atoms with Crippen molar-refractivity contribution in [3.63, 3.8) is 0 Å². The normalized spacial score (nSPS) is 19.8. The van der Waals surface area contributed by atoms with E-state index < -0.39 is 0 Å². The second-order valence-electron chi connectivity index (χ2n) is 4.98. The highest BCUT2D eigenvalue weighted by Crippen LogP contribution is 2.35. The zero-order valence-corrected chi connectivity index (χ0v) is 10.0. The Morgan fingerprint density at radius 3 is 2.31 bits per heavy atom. The van der Waals surface area contributed by atoms with Gasteiger partial charge in [-0.2, -0.15) is 0 Å². The van der Waals surface area contributed by atoms with Crippen LogP contribution in [0.5, 0.6) is 0 Å². The van der Waals surface area contributed by atoms with Crippen LogP contribution in [0.2, 0.25) is 5.28 Å². The van der Waals surface area contributed by atoms with E-state index in [1.165, 1.54) is 25.7 Å². The molecule has 1 aromatic heterocycles. The number of hydrogen-bond donors (Lipinski definition) is 0. The number of halogens is 1. The summed E-state index contributed by atoms with van der Waals surface area (Å²) in [5.74, 6) is 2.76. The second kappa shape index (κ2) is 4.21. The van der Waals surface area contributed by atoms with Gasteiger partial charge in [0.15, 0.2) is 0 Å². The molecular formula is C12H16ClN3. The van der Waals surface area contributed by atoms with Crippen LogP contribution in [0.25, 0.3) is 0 Å². The predicted molar refractivity (Wildman–Crippen MR) is 64.7 cm³/mol. The smallest absolute Gasteiger partial charge is 0.224 e. The molecule has 16 heavy (non-hydrogen) atoms. The molecule has 0 aliphatic heterocycles. The van der Waals surface area contributed by atoms with Crippen LogP contribution in [0.15, 0.2) is 12.3 Å². The van der Waals surface area contributed by atoms with Gasteiger partial charge in [-0.1, -0.05) is 0 Å². The van der Waals surface area contributed by atoms with Crippen LogP contribution in [0.4, 0.5) is 5.82 Å². The molecule has 2 saturated carbocycles. The van der Waals surface area contributed by atoms with E-state index in [1.54, 1.807) is 6.20 Å². The summed E-state index contributed by atoms with van der Waals surface area (Å²) in [6, 6.07) is 1.97. The topological polar surface area (TPSA) is 29.0 Å². The molecule has 2 aliphatic rings. The molecule has 2 fully saturated rings. The fraction of sp³-hybridized carbons (Fsp3) is 0.667. The van der Waals surface area contributed by atoms with Gasteiger partial charge in [-0.05, 0) is 55.2 Å². The maximum absolute atomic E-state index is 5.84. The molecule has 1 heterocycles. The van der Waals surface area contributed by atoms with Gasteiger partial charge >= 0.3 is 0 Å². The molecule has 0 atom stereocenters. The highest BCUT2D eigenvalue weighted by molar-refractivity contribution is 6.28. The summed E-state index contributed by atoms with van der Waals surface area (Å²) in [6.45, 7) is 2.29. The van der Waals surface area contributed by atoms with E-state index in [1.807, 2.05) is 6.07 Å². The summed E-state index contributed by atoms with van der Waals surface area (Å²) < 4.78 is 0. The van der Waals surface area contributed by atoms with Crippen LogP contribution in [0.1, 0.15) is 25.7 Å². The van der Waals surface area contributed by atoms with E-state index in [-0.39, 0.29) is 0 Å². The molecule has 4 heteroatoms. The third-order valence-corrected chi connectivity index (χ3v) is 3.47. The lowest BCUT2D eigenvalue weighted by Gasteiger charge is -2.23. The minimum atomic E-state index is 0.356. The average Bonchev–Trinajstić information content (AvgIpc) is 3.11. The fourth-order valence-corrected chi connectivity index (χ4v) is 2.13. The summed E-state index contributed by atoms with van der Waals surface area (Å²) in [5.41, 5.74) is 0. The molecule has 0 N–H and O–H groups in total. The van der Waals surface area contributed by atoms with E-state index in [9.17, 15) is 0 Å². The summed E-state index contributed by atoms with van der Waals surface area (Å²) in [4.78, 5) is 10.6. The summed E-state index contributed by atoms with van der Waals surface area (Å²) in [7, 11) is 0. The van der Waals surface area contributed by atoms with Gasteiger partial charge in [-0.15, -0.1) is 0 Å². The van der Waals surface area contributed by atoms with Crippen molar-refractivity contribution < 1.29 is 0 Å². The minimum absolute atomic E-state index is 0.356. The summed E-state index contributed by atoms with van der Waals surface area (Å²) in [6.07, 6.45) is 7.25.